The van der Waals surface area contributed by atoms with Crippen molar-refractivity contribution in [3.05, 3.63) is 18.3 Å². The lowest BCUT2D eigenvalue weighted by atomic mass is 10.2. The summed E-state index contributed by atoms with van der Waals surface area (Å²) < 4.78 is 0. The van der Waals surface area contributed by atoms with Gasteiger partial charge in [0.1, 0.15) is 5.82 Å². The van der Waals surface area contributed by atoms with Crippen LogP contribution in [0.5, 0.6) is 0 Å². The first-order valence-electron chi connectivity index (χ1n) is 5.91. The van der Waals surface area contributed by atoms with Gasteiger partial charge in [-0.15, -0.1) is 0 Å². The van der Waals surface area contributed by atoms with E-state index in [2.05, 4.69) is 34.7 Å². The molecule has 1 aromatic heterocycles. The molecule has 0 radical (unpaired) electrons. The van der Waals surface area contributed by atoms with Crippen LogP contribution in [0, 0.1) is 0 Å². The normalized spacial score (nSPS) is 22.4. The van der Waals surface area contributed by atoms with Gasteiger partial charge in [0.15, 0.2) is 0 Å². The number of rotatable bonds is 2. The largest absolute Gasteiger partial charge is 0.384 e. The molecule has 1 unspecified atom stereocenters. The second-order valence-corrected chi connectivity index (χ2v) is 4.36. The Morgan fingerprint density at radius 3 is 2.81 bits per heavy atom. The van der Waals surface area contributed by atoms with Crippen molar-refractivity contribution in [2.75, 3.05) is 36.8 Å². The molecule has 0 spiro atoms. The van der Waals surface area contributed by atoms with Crippen LogP contribution in [-0.2, 0) is 0 Å². The maximum absolute atomic E-state index is 5.59. The molecule has 1 aliphatic heterocycles. The lowest BCUT2D eigenvalue weighted by Gasteiger charge is -2.40. The van der Waals surface area contributed by atoms with E-state index in [9.17, 15) is 0 Å². The van der Waals surface area contributed by atoms with E-state index in [-0.39, 0.29) is 0 Å². The topological polar surface area (TPSA) is 45.4 Å². The van der Waals surface area contributed by atoms with Crippen LogP contribution < -0.4 is 10.6 Å². The van der Waals surface area contributed by atoms with E-state index in [1.54, 1.807) is 0 Å². The lowest BCUT2D eigenvalue weighted by Crippen LogP contribution is -2.51. The Kier molecular flexibility index (Phi) is 3.29. The van der Waals surface area contributed by atoms with Crippen molar-refractivity contribution in [1.29, 1.82) is 0 Å². The molecule has 0 aliphatic carbocycles. The zero-order valence-corrected chi connectivity index (χ0v) is 10.1. The van der Waals surface area contributed by atoms with Crippen molar-refractivity contribution >= 4 is 11.5 Å². The second-order valence-electron chi connectivity index (χ2n) is 4.36. The molecular formula is C12H20N4. The fourth-order valence-corrected chi connectivity index (χ4v) is 2.28. The van der Waals surface area contributed by atoms with Crippen LogP contribution in [0.1, 0.15) is 13.8 Å². The van der Waals surface area contributed by atoms with E-state index in [0.717, 1.165) is 26.2 Å². The molecule has 2 heterocycles. The Morgan fingerprint density at radius 2 is 2.25 bits per heavy atom. The minimum atomic E-state index is 0.587. The number of nitrogen functional groups attached to an aromatic ring is 1. The van der Waals surface area contributed by atoms with Gasteiger partial charge >= 0.3 is 0 Å². The molecule has 4 heteroatoms. The van der Waals surface area contributed by atoms with Crippen LogP contribution in [0.15, 0.2) is 18.3 Å². The number of likely N-dealkylation sites (N-methyl/N-ethyl adjacent to an activating group) is 1. The van der Waals surface area contributed by atoms with Gasteiger partial charge in [0.25, 0.3) is 0 Å². The highest BCUT2D eigenvalue weighted by Gasteiger charge is 2.22. The maximum atomic E-state index is 5.59. The summed E-state index contributed by atoms with van der Waals surface area (Å²) in [6.07, 6.45) is 1.86. The molecule has 16 heavy (non-hydrogen) atoms. The van der Waals surface area contributed by atoms with E-state index < -0.39 is 0 Å². The molecular weight excluding hydrogens is 200 g/mol. The van der Waals surface area contributed by atoms with Crippen LogP contribution in [0.3, 0.4) is 0 Å². The zero-order valence-electron chi connectivity index (χ0n) is 10.1. The van der Waals surface area contributed by atoms with Gasteiger partial charge in [0, 0.05) is 25.7 Å². The van der Waals surface area contributed by atoms with E-state index in [4.69, 9.17) is 5.73 Å². The highest BCUT2D eigenvalue weighted by molar-refractivity contribution is 5.48. The highest BCUT2D eigenvalue weighted by Crippen LogP contribution is 2.18. The molecule has 0 amide bonds. The first-order valence-corrected chi connectivity index (χ1v) is 5.91. The average Bonchev–Trinajstić information content (AvgIpc) is 2.30. The predicted molar refractivity (Wildman–Crippen MR) is 67.6 cm³/mol. The molecule has 0 aromatic carbocycles. The van der Waals surface area contributed by atoms with E-state index >= 15 is 0 Å². The molecule has 88 valence electrons. The maximum Gasteiger partial charge on any atom is 0.123 e. The predicted octanol–water partition coefficient (Wildman–Crippen LogP) is 1.19. The van der Waals surface area contributed by atoms with E-state index in [1.165, 1.54) is 5.69 Å². The van der Waals surface area contributed by atoms with Crippen LogP contribution in [0.25, 0.3) is 0 Å². The number of pyridine rings is 1. The fourth-order valence-electron chi connectivity index (χ4n) is 2.28. The molecule has 1 fully saturated rings. The summed E-state index contributed by atoms with van der Waals surface area (Å²) in [6, 6.07) is 4.53. The van der Waals surface area contributed by atoms with Crippen molar-refractivity contribution in [2.24, 2.45) is 0 Å². The quantitative estimate of drug-likeness (QED) is 0.813. The van der Waals surface area contributed by atoms with Gasteiger partial charge in [0.2, 0.25) is 0 Å². The van der Waals surface area contributed by atoms with Gasteiger partial charge in [-0.2, -0.15) is 0 Å². The summed E-state index contributed by atoms with van der Waals surface area (Å²) in [4.78, 5) is 9.02. The lowest BCUT2D eigenvalue weighted by molar-refractivity contribution is 0.199. The Hall–Kier alpha value is -1.29. The number of piperazine rings is 1. The summed E-state index contributed by atoms with van der Waals surface area (Å²) in [6.45, 7) is 8.90. The number of hydrogen-bond donors (Lipinski definition) is 1. The minimum absolute atomic E-state index is 0.587. The molecule has 1 saturated heterocycles. The number of hydrogen-bond acceptors (Lipinski definition) is 4. The summed E-state index contributed by atoms with van der Waals surface area (Å²) in [7, 11) is 0. The molecule has 4 nitrogen and oxygen atoms in total. The summed E-state index contributed by atoms with van der Waals surface area (Å²) in [5.74, 6) is 0.587. The molecule has 0 saturated carbocycles. The van der Waals surface area contributed by atoms with E-state index in [1.807, 2.05) is 12.3 Å². The van der Waals surface area contributed by atoms with Crippen molar-refractivity contribution in [3.8, 4) is 0 Å². The summed E-state index contributed by atoms with van der Waals surface area (Å²) in [5, 5.41) is 0. The smallest absolute Gasteiger partial charge is 0.123 e. The Bertz CT molecular complexity index is 335. The van der Waals surface area contributed by atoms with Gasteiger partial charge in [-0.1, -0.05) is 6.92 Å². The minimum Gasteiger partial charge on any atom is -0.384 e. The third kappa shape index (κ3) is 2.27. The monoisotopic (exact) mass is 220 g/mol. The third-order valence-corrected chi connectivity index (χ3v) is 3.31. The number of aromatic nitrogens is 1. The molecule has 1 atom stereocenters. The number of nitrogens with two attached hydrogens (primary N) is 1. The van der Waals surface area contributed by atoms with Crippen molar-refractivity contribution in [3.63, 3.8) is 0 Å². The first kappa shape index (κ1) is 11.2. The fraction of sp³-hybridized carbons (Fsp3) is 0.583. The van der Waals surface area contributed by atoms with Crippen molar-refractivity contribution in [1.82, 2.24) is 9.88 Å². The molecule has 0 bridgehead atoms. The van der Waals surface area contributed by atoms with Crippen molar-refractivity contribution in [2.45, 2.75) is 19.9 Å². The Morgan fingerprint density at radius 1 is 1.44 bits per heavy atom. The number of anilines is 2. The zero-order chi connectivity index (χ0) is 11.5. The molecule has 1 aromatic rings. The first-order chi connectivity index (χ1) is 7.70. The Labute approximate surface area is 97.1 Å². The van der Waals surface area contributed by atoms with E-state index in [0.29, 0.717) is 11.9 Å². The van der Waals surface area contributed by atoms with Crippen LogP contribution >= 0.6 is 0 Å². The molecule has 1 aliphatic rings. The van der Waals surface area contributed by atoms with Crippen molar-refractivity contribution < 1.29 is 0 Å². The van der Waals surface area contributed by atoms with Gasteiger partial charge in [-0.25, -0.2) is 4.98 Å². The molecule has 2 rings (SSSR count). The van der Waals surface area contributed by atoms with Crippen LogP contribution in [-0.4, -0.2) is 42.1 Å². The summed E-state index contributed by atoms with van der Waals surface area (Å²) in [5.41, 5.74) is 6.77. The highest BCUT2D eigenvalue weighted by atomic mass is 15.3. The molecule has 2 N–H and O–H groups in total. The Balaban J connectivity index is 2.04. The van der Waals surface area contributed by atoms with Gasteiger partial charge in [0.05, 0.1) is 11.9 Å². The van der Waals surface area contributed by atoms with Gasteiger partial charge < -0.3 is 10.6 Å². The second kappa shape index (κ2) is 4.70. The average molecular weight is 220 g/mol. The van der Waals surface area contributed by atoms with Crippen LogP contribution in [0.2, 0.25) is 0 Å². The van der Waals surface area contributed by atoms with Gasteiger partial charge in [-0.05, 0) is 25.6 Å². The van der Waals surface area contributed by atoms with Crippen LogP contribution in [0.4, 0.5) is 11.5 Å². The standard InChI is InChI=1S/C12H20N4/c1-3-15-6-7-16(9-10(15)2)11-4-5-12(13)14-8-11/h4-5,8,10H,3,6-7,9H2,1-2H3,(H2,13,14). The summed E-state index contributed by atoms with van der Waals surface area (Å²) >= 11 is 0. The number of nitrogens with zero attached hydrogens (tertiary/aromatic N) is 3. The third-order valence-electron chi connectivity index (χ3n) is 3.31. The SMILES string of the molecule is CCN1CCN(c2ccc(N)nc2)CC1C. The van der Waals surface area contributed by atoms with Gasteiger partial charge in [-0.3, -0.25) is 4.90 Å².